The Morgan fingerprint density at radius 3 is 2.50 bits per heavy atom. The molecule has 2 fully saturated rings. The summed E-state index contributed by atoms with van der Waals surface area (Å²) < 4.78 is 5.25. The minimum atomic E-state index is 0.583. The summed E-state index contributed by atoms with van der Waals surface area (Å²) in [6.07, 6.45) is 0. The standard InChI is InChI=1S/C13H18ClN3O/c1-10-6-12(14)15-13(7-10)17-4-2-16(3-5-17)11-8-18-9-11/h6-7,11H,2-5,8-9H2,1H3. The number of aromatic nitrogens is 1. The van der Waals surface area contributed by atoms with Crippen LogP contribution in [0.15, 0.2) is 12.1 Å². The molecule has 0 atom stereocenters. The molecule has 0 unspecified atom stereocenters. The highest BCUT2D eigenvalue weighted by molar-refractivity contribution is 6.29. The molecule has 0 aromatic carbocycles. The highest BCUT2D eigenvalue weighted by Crippen LogP contribution is 2.20. The average Bonchev–Trinajstić information content (AvgIpc) is 2.26. The molecule has 1 aromatic heterocycles. The van der Waals surface area contributed by atoms with Crippen molar-refractivity contribution < 1.29 is 4.74 Å². The molecule has 0 N–H and O–H groups in total. The molecule has 2 saturated heterocycles. The Hall–Kier alpha value is -0.840. The lowest BCUT2D eigenvalue weighted by Gasteiger charge is -2.42. The molecule has 0 amide bonds. The monoisotopic (exact) mass is 267 g/mol. The quantitative estimate of drug-likeness (QED) is 0.761. The van der Waals surface area contributed by atoms with Gasteiger partial charge >= 0.3 is 0 Å². The van der Waals surface area contributed by atoms with E-state index in [9.17, 15) is 0 Å². The summed E-state index contributed by atoms with van der Waals surface area (Å²) in [6, 6.07) is 4.64. The predicted molar refractivity (Wildman–Crippen MR) is 72.4 cm³/mol. The van der Waals surface area contributed by atoms with Crippen molar-refractivity contribution in [1.82, 2.24) is 9.88 Å². The second-order valence-corrected chi connectivity index (χ2v) is 5.43. The first kappa shape index (κ1) is 12.2. The van der Waals surface area contributed by atoms with Crippen LogP contribution in [-0.2, 0) is 4.74 Å². The molecule has 98 valence electrons. The molecule has 0 radical (unpaired) electrons. The number of halogens is 1. The van der Waals surface area contributed by atoms with Gasteiger partial charge in [0.05, 0.1) is 19.3 Å². The van der Waals surface area contributed by atoms with E-state index in [1.165, 1.54) is 5.56 Å². The molecular weight excluding hydrogens is 250 g/mol. The molecule has 4 nitrogen and oxygen atoms in total. The van der Waals surface area contributed by atoms with Gasteiger partial charge in [-0.15, -0.1) is 0 Å². The summed E-state index contributed by atoms with van der Waals surface area (Å²) in [5.41, 5.74) is 1.17. The Morgan fingerprint density at radius 2 is 1.94 bits per heavy atom. The van der Waals surface area contributed by atoms with Crippen LogP contribution in [0.2, 0.25) is 5.15 Å². The molecule has 2 aliphatic rings. The van der Waals surface area contributed by atoms with Gasteiger partial charge in [-0.05, 0) is 24.6 Å². The summed E-state index contributed by atoms with van der Waals surface area (Å²) >= 11 is 6.02. The van der Waals surface area contributed by atoms with Crippen LogP contribution < -0.4 is 4.90 Å². The lowest BCUT2D eigenvalue weighted by Crippen LogP contribution is -2.56. The molecular formula is C13H18ClN3O. The van der Waals surface area contributed by atoms with Crippen LogP contribution in [0.25, 0.3) is 0 Å². The highest BCUT2D eigenvalue weighted by Gasteiger charge is 2.29. The Labute approximate surface area is 112 Å². The number of aryl methyl sites for hydroxylation is 1. The Morgan fingerprint density at radius 1 is 1.22 bits per heavy atom. The Kier molecular flexibility index (Phi) is 3.41. The minimum absolute atomic E-state index is 0.583. The lowest BCUT2D eigenvalue weighted by atomic mass is 10.2. The third kappa shape index (κ3) is 2.46. The average molecular weight is 268 g/mol. The third-order valence-corrected chi connectivity index (χ3v) is 3.89. The number of piperazine rings is 1. The van der Waals surface area contributed by atoms with Crippen LogP contribution in [0.5, 0.6) is 0 Å². The summed E-state index contributed by atoms with van der Waals surface area (Å²) in [4.78, 5) is 9.24. The van der Waals surface area contributed by atoms with E-state index in [1.807, 2.05) is 6.07 Å². The van der Waals surface area contributed by atoms with Crippen LogP contribution in [0.4, 0.5) is 5.82 Å². The van der Waals surface area contributed by atoms with Crippen molar-refractivity contribution in [2.45, 2.75) is 13.0 Å². The second-order valence-electron chi connectivity index (χ2n) is 5.04. The van der Waals surface area contributed by atoms with Crippen LogP contribution in [0.1, 0.15) is 5.56 Å². The van der Waals surface area contributed by atoms with Crippen LogP contribution in [0, 0.1) is 6.92 Å². The molecule has 18 heavy (non-hydrogen) atoms. The van der Waals surface area contributed by atoms with E-state index in [0.29, 0.717) is 11.2 Å². The van der Waals surface area contributed by atoms with Gasteiger partial charge < -0.3 is 9.64 Å². The number of anilines is 1. The summed E-state index contributed by atoms with van der Waals surface area (Å²) in [5, 5.41) is 0.583. The fraction of sp³-hybridized carbons (Fsp3) is 0.615. The number of hydrogen-bond acceptors (Lipinski definition) is 4. The molecule has 2 aliphatic heterocycles. The third-order valence-electron chi connectivity index (χ3n) is 3.70. The van der Waals surface area contributed by atoms with Crippen molar-refractivity contribution in [3.05, 3.63) is 22.8 Å². The van der Waals surface area contributed by atoms with Crippen LogP contribution in [0.3, 0.4) is 0 Å². The van der Waals surface area contributed by atoms with Crippen molar-refractivity contribution in [2.24, 2.45) is 0 Å². The normalized spacial score (nSPS) is 22.0. The van der Waals surface area contributed by atoms with Crippen molar-refractivity contribution in [1.29, 1.82) is 0 Å². The highest BCUT2D eigenvalue weighted by atomic mass is 35.5. The number of ether oxygens (including phenoxy) is 1. The maximum Gasteiger partial charge on any atom is 0.131 e. The van der Waals surface area contributed by atoms with E-state index in [2.05, 4.69) is 27.8 Å². The molecule has 3 heterocycles. The van der Waals surface area contributed by atoms with E-state index < -0.39 is 0 Å². The molecule has 5 heteroatoms. The SMILES string of the molecule is Cc1cc(Cl)nc(N2CCN(C3COC3)CC2)c1. The molecule has 1 aromatic rings. The lowest BCUT2D eigenvalue weighted by molar-refractivity contribution is -0.0660. The molecule has 0 spiro atoms. The topological polar surface area (TPSA) is 28.6 Å². The molecule has 0 bridgehead atoms. The fourth-order valence-corrected chi connectivity index (χ4v) is 2.78. The summed E-state index contributed by atoms with van der Waals surface area (Å²) in [6.45, 7) is 8.05. The van der Waals surface area contributed by atoms with Crippen molar-refractivity contribution in [3.63, 3.8) is 0 Å². The van der Waals surface area contributed by atoms with Gasteiger partial charge in [0.1, 0.15) is 11.0 Å². The van der Waals surface area contributed by atoms with Gasteiger partial charge in [0.2, 0.25) is 0 Å². The Balaban J connectivity index is 1.64. The fourth-order valence-electron chi connectivity index (χ4n) is 2.52. The van der Waals surface area contributed by atoms with Crippen molar-refractivity contribution >= 4 is 17.4 Å². The summed E-state index contributed by atoms with van der Waals surface area (Å²) in [5.74, 6) is 1.00. The number of hydrogen-bond donors (Lipinski definition) is 0. The van der Waals surface area contributed by atoms with E-state index in [4.69, 9.17) is 16.3 Å². The van der Waals surface area contributed by atoms with Gasteiger partial charge in [0.25, 0.3) is 0 Å². The van der Waals surface area contributed by atoms with Gasteiger partial charge in [0.15, 0.2) is 0 Å². The smallest absolute Gasteiger partial charge is 0.131 e. The van der Waals surface area contributed by atoms with Gasteiger partial charge in [-0.2, -0.15) is 0 Å². The largest absolute Gasteiger partial charge is 0.378 e. The van der Waals surface area contributed by atoms with Gasteiger partial charge in [-0.1, -0.05) is 11.6 Å². The van der Waals surface area contributed by atoms with Gasteiger partial charge in [-0.25, -0.2) is 4.98 Å². The molecule has 3 rings (SSSR count). The van der Waals surface area contributed by atoms with E-state index in [1.54, 1.807) is 0 Å². The number of nitrogens with zero attached hydrogens (tertiary/aromatic N) is 3. The van der Waals surface area contributed by atoms with E-state index in [-0.39, 0.29) is 0 Å². The molecule has 0 saturated carbocycles. The van der Waals surface area contributed by atoms with Crippen LogP contribution >= 0.6 is 11.6 Å². The number of pyridine rings is 1. The predicted octanol–water partition coefficient (Wildman–Crippen LogP) is 1.56. The van der Waals surface area contributed by atoms with E-state index >= 15 is 0 Å². The Bertz CT molecular complexity index is 408. The zero-order chi connectivity index (χ0) is 12.5. The zero-order valence-electron chi connectivity index (χ0n) is 10.6. The first-order valence-corrected chi connectivity index (χ1v) is 6.81. The molecule has 0 aliphatic carbocycles. The maximum absolute atomic E-state index is 6.02. The van der Waals surface area contributed by atoms with Gasteiger partial charge in [0, 0.05) is 26.2 Å². The minimum Gasteiger partial charge on any atom is -0.378 e. The maximum atomic E-state index is 6.02. The van der Waals surface area contributed by atoms with Crippen molar-refractivity contribution in [2.75, 3.05) is 44.3 Å². The van der Waals surface area contributed by atoms with E-state index in [0.717, 1.165) is 45.2 Å². The first-order valence-electron chi connectivity index (χ1n) is 6.43. The van der Waals surface area contributed by atoms with Gasteiger partial charge in [-0.3, -0.25) is 4.90 Å². The van der Waals surface area contributed by atoms with Crippen LogP contribution in [-0.4, -0.2) is 55.3 Å². The first-order chi connectivity index (χ1) is 8.72. The zero-order valence-corrected chi connectivity index (χ0v) is 11.4. The second kappa shape index (κ2) is 5.03. The summed E-state index contributed by atoms with van der Waals surface area (Å²) in [7, 11) is 0. The van der Waals surface area contributed by atoms with Crippen molar-refractivity contribution in [3.8, 4) is 0 Å². The number of rotatable bonds is 2.